The highest BCUT2D eigenvalue weighted by Crippen LogP contribution is 2.30. The van der Waals surface area contributed by atoms with Crippen molar-refractivity contribution in [2.75, 3.05) is 13.2 Å². The van der Waals surface area contributed by atoms with Crippen LogP contribution in [-0.2, 0) is 9.47 Å². The predicted octanol–water partition coefficient (Wildman–Crippen LogP) is 0.686. The molecular formula is C8H14O3. The van der Waals surface area contributed by atoms with E-state index in [0.29, 0.717) is 6.61 Å². The lowest BCUT2D eigenvalue weighted by Gasteiger charge is -2.23. The molecule has 1 heterocycles. The summed E-state index contributed by atoms with van der Waals surface area (Å²) >= 11 is 0. The first-order chi connectivity index (χ1) is 5.04. The Morgan fingerprint density at radius 2 is 2.27 bits per heavy atom. The van der Waals surface area contributed by atoms with Crippen molar-refractivity contribution in [3.05, 3.63) is 12.7 Å². The van der Waals surface area contributed by atoms with Crippen LogP contribution in [0.1, 0.15) is 13.8 Å². The third kappa shape index (κ3) is 1.61. The van der Waals surface area contributed by atoms with E-state index in [-0.39, 0.29) is 6.61 Å². The fourth-order valence-corrected chi connectivity index (χ4v) is 1.09. The van der Waals surface area contributed by atoms with Gasteiger partial charge in [0.05, 0.1) is 13.2 Å². The predicted molar refractivity (Wildman–Crippen MR) is 41.1 cm³/mol. The van der Waals surface area contributed by atoms with Gasteiger partial charge < -0.3 is 14.6 Å². The van der Waals surface area contributed by atoms with E-state index in [1.165, 1.54) is 0 Å². The van der Waals surface area contributed by atoms with Crippen molar-refractivity contribution in [1.29, 1.82) is 0 Å². The molecule has 11 heavy (non-hydrogen) atoms. The average Bonchev–Trinajstić information content (AvgIpc) is 2.28. The van der Waals surface area contributed by atoms with E-state index in [4.69, 9.17) is 14.6 Å². The fraction of sp³-hybridized carbons (Fsp3) is 0.750. The van der Waals surface area contributed by atoms with Crippen LogP contribution >= 0.6 is 0 Å². The second-order valence-corrected chi connectivity index (χ2v) is 3.22. The van der Waals surface area contributed by atoms with Gasteiger partial charge in [-0.3, -0.25) is 0 Å². The van der Waals surface area contributed by atoms with Crippen LogP contribution in [0.15, 0.2) is 12.7 Å². The molecule has 0 aromatic rings. The van der Waals surface area contributed by atoms with E-state index >= 15 is 0 Å². The number of aliphatic hydroxyl groups is 1. The molecule has 1 atom stereocenters. The molecular weight excluding hydrogens is 144 g/mol. The third-order valence-electron chi connectivity index (χ3n) is 1.75. The summed E-state index contributed by atoms with van der Waals surface area (Å²) in [6.07, 6.45) is 1.59. The second-order valence-electron chi connectivity index (χ2n) is 3.22. The smallest absolute Gasteiger partial charge is 0.164 e. The average molecular weight is 158 g/mol. The van der Waals surface area contributed by atoms with Crippen molar-refractivity contribution >= 4 is 0 Å². The first-order valence-corrected chi connectivity index (χ1v) is 3.62. The van der Waals surface area contributed by atoms with Crippen molar-refractivity contribution in [2.45, 2.75) is 25.2 Å². The maximum absolute atomic E-state index is 8.97. The monoisotopic (exact) mass is 158 g/mol. The van der Waals surface area contributed by atoms with E-state index in [0.717, 1.165) is 0 Å². The fourth-order valence-electron chi connectivity index (χ4n) is 1.09. The van der Waals surface area contributed by atoms with E-state index in [1.54, 1.807) is 6.08 Å². The molecule has 1 aliphatic heterocycles. The van der Waals surface area contributed by atoms with Gasteiger partial charge in [0.15, 0.2) is 5.79 Å². The minimum absolute atomic E-state index is 0.0834. The maximum Gasteiger partial charge on any atom is 0.164 e. The molecule has 1 aliphatic rings. The first kappa shape index (κ1) is 8.71. The van der Waals surface area contributed by atoms with Crippen molar-refractivity contribution in [1.82, 2.24) is 0 Å². The summed E-state index contributed by atoms with van der Waals surface area (Å²) in [6, 6.07) is 0. The molecule has 1 N–H and O–H groups in total. The number of hydrogen-bond acceptors (Lipinski definition) is 3. The SMILES string of the molecule is C=C[C@]1(CO)COC(C)(C)O1. The zero-order valence-electron chi connectivity index (χ0n) is 6.96. The van der Waals surface area contributed by atoms with Crippen LogP contribution in [-0.4, -0.2) is 29.7 Å². The minimum atomic E-state index is -0.691. The van der Waals surface area contributed by atoms with E-state index in [2.05, 4.69) is 6.58 Å². The van der Waals surface area contributed by atoms with Gasteiger partial charge in [0.2, 0.25) is 0 Å². The van der Waals surface area contributed by atoms with Crippen molar-refractivity contribution in [3.63, 3.8) is 0 Å². The molecule has 0 unspecified atom stereocenters. The highest BCUT2D eigenvalue weighted by atomic mass is 16.8. The molecule has 0 aromatic carbocycles. The van der Waals surface area contributed by atoms with E-state index in [9.17, 15) is 0 Å². The highest BCUT2D eigenvalue weighted by Gasteiger charge is 2.42. The summed E-state index contributed by atoms with van der Waals surface area (Å²) in [7, 11) is 0. The summed E-state index contributed by atoms with van der Waals surface area (Å²) in [6.45, 7) is 7.50. The molecule has 0 amide bonds. The second kappa shape index (κ2) is 2.59. The summed E-state index contributed by atoms with van der Waals surface area (Å²) in [5.41, 5.74) is -0.691. The van der Waals surface area contributed by atoms with Crippen LogP contribution in [0, 0.1) is 0 Å². The van der Waals surface area contributed by atoms with Crippen LogP contribution in [0.4, 0.5) is 0 Å². The Morgan fingerprint density at radius 3 is 2.45 bits per heavy atom. The molecule has 1 rings (SSSR count). The third-order valence-corrected chi connectivity index (χ3v) is 1.75. The highest BCUT2D eigenvalue weighted by molar-refractivity contribution is 5.01. The van der Waals surface area contributed by atoms with Gasteiger partial charge >= 0.3 is 0 Å². The quantitative estimate of drug-likeness (QED) is 0.601. The molecule has 0 aromatic heterocycles. The summed E-state index contributed by atoms with van der Waals surface area (Å²) in [5, 5.41) is 8.97. The van der Waals surface area contributed by atoms with Gasteiger partial charge in [-0.1, -0.05) is 6.08 Å². The Bertz CT molecular complexity index is 165. The Morgan fingerprint density at radius 1 is 1.64 bits per heavy atom. The number of hydrogen-bond donors (Lipinski definition) is 1. The molecule has 0 spiro atoms. The van der Waals surface area contributed by atoms with Gasteiger partial charge in [-0.25, -0.2) is 0 Å². The van der Waals surface area contributed by atoms with Gasteiger partial charge in [0, 0.05) is 0 Å². The lowest BCUT2D eigenvalue weighted by Crippen LogP contribution is -2.35. The van der Waals surface area contributed by atoms with Gasteiger partial charge in [-0.2, -0.15) is 0 Å². The Hall–Kier alpha value is -0.380. The van der Waals surface area contributed by atoms with Crippen LogP contribution < -0.4 is 0 Å². The van der Waals surface area contributed by atoms with Gasteiger partial charge in [0.1, 0.15) is 5.60 Å². The van der Waals surface area contributed by atoms with Crippen LogP contribution in [0.25, 0.3) is 0 Å². The zero-order valence-corrected chi connectivity index (χ0v) is 6.96. The van der Waals surface area contributed by atoms with E-state index < -0.39 is 11.4 Å². The molecule has 0 radical (unpaired) electrons. The van der Waals surface area contributed by atoms with Crippen LogP contribution in [0.2, 0.25) is 0 Å². The van der Waals surface area contributed by atoms with Crippen molar-refractivity contribution in [3.8, 4) is 0 Å². The lowest BCUT2D eigenvalue weighted by atomic mass is 10.1. The molecule has 1 fully saturated rings. The molecule has 1 saturated heterocycles. The van der Waals surface area contributed by atoms with E-state index in [1.807, 2.05) is 13.8 Å². The molecule has 3 heteroatoms. The molecule has 0 bridgehead atoms. The molecule has 3 nitrogen and oxygen atoms in total. The first-order valence-electron chi connectivity index (χ1n) is 3.62. The standard InChI is InChI=1S/C8H14O3/c1-4-8(5-9)6-10-7(2,3)11-8/h4,9H,1,5-6H2,2-3H3/t8-/m0/s1. The molecule has 0 aliphatic carbocycles. The maximum atomic E-state index is 8.97. The summed E-state index contributed by atoms with van der Waals surface area (Å²) in [4.78, 5) is 0. The van der Waals surface area contributed by atoms with Gasteiger partial charge in [0.25, 0.3) is 0 Å². The van der Waals surface area contributed by atoms with Crippen LogP contribution in [0.5, 0.6) is 0 Å². The summed E-state index contributed by atoms with van der Waals surface area (Å²) < 4.78 is 10.7. The van der Waals surface area contributed by atoms with Gasteiger partial charge in [-0.05, 0) is 13.8 Å². The topological polar surface area (TPSA) is 38.7 Å². The summed E-state index contributed by atoms with van der Waals surface area (Å²) in [5.74, 6) is -0.600. The molecule has 0 saturated carbocycles. The normalized spacial score (nSPS) is 35.5. The Labute approximate surface area is 66.6 Å². The van der Waals surface area contributed by atoms with Gasteiger partial charge in [-0.15, -0.1) is 6.58 Å². The van der Waals surface area contributed by atoms with Crippen molar-refractivity contribution in [2.24, 2.45) is 0 Å². The van der Waals surface area contributed by atoms with Crippen molar-refractivity contribution < 1.29 is 14.6 Å². The minimum Gasteiger partial charge on any atom is -0.393 e. The Balaban J connectivity index is 2.70. The number of aliphatic hydroxyl groups excluding tert-OH is 1. The van der Waals surface area contributed by atoms with Crippen LogP contribution in [0.3, 0.4) is 0 Å². The number of rotatable bonds is 2. The zero-order chi connectivity index (χ0) is 8.54. The largest absolute Gasteiger partial charge is 0.393 e. The lowest BCUT2D eigenvalue weighted by molar-refractivity contribution is -0.157. The number of ether oxygens (including phenoxy) is 2. The molecule has 64 valence electrons. The Kier molecular flexibility index (Phi) is 2.05.